The van der Waals surface area contributed by atoms with E-state index in [-0.39, 0.29) is 5.41 Å². The maximum absolute atomic E-state index is 6.15. The number of hydrogen-bond acceptors (Lipinski definition) is 2. The van der Waals surface area contributed by atoms with Gasteiger partial charge in [-0.15, -0.1) is 0 Å². The molecule has 1 aliphatic rings. The van der Waals surface area contributed by atoms with Gasteiger partial charge in [0.2, 0.25) is 0 Å². The van der Waals surface area contributed by atoms with Crippen molar-refractivity contribution < 1.29 is 4.42 Å². The Bertz CT molecular complexity index is 2430. The zero-order valence-electron chi connectivity index (χ0n) is 25.3. The molecular weight excluding hydrogens is 546 g/mol. The molecule has 1 heterocycles. The van der Waals surface area contributed by atoms with Crippen LogP contribution < -0.4 is 5.32 Å². The molecule has 0 unspecified atom stereocenters. The van der Waals surface area contributed by atoms with Gasteiger partial charge in [-0.25, -0.2) is 0 Å². The summed E-state index contributed by atoms with van der Waals surface area (Å²) in [5.41, 5.74) is 14.1. The van der Waals surface area contributed by atoms with Gasteiger partial charge in [0.1, 0.15) is 11.2 Å². The largest absolute Gasteiger partial charge is 0.456 e. The fourth-order valence-corrected chi connectivity index (χ4v) is 7.36. The van der Waals surface area contributed by atoms with Crippen LogP contribution in [0.4, 0.5) is 11.4 Å². The monoisotopic (exact) mass is 577 g/mol. The van der Waals surface area contributed by atoms with Gasteiger partial charge in [-0.1, -0.05) is 117 Å². The lowest BCUT2D eigenvalue weighted by Gasteiger charge is -2.22. The van der Waals surface area contributed by atoms with E-state index in [1.54, 1.807) is 0 Å². The Kier molecular flexibility index (Phi) is 5.58. The third-order valence-electron chi connectivity index (χ3n) is 9.66. The summed E-state index contributed by atoms with van der Waals surface area (Å²) >= 11 is 0. The molecule has 1 aliphatic carbocycles. The van der Waals surface area contributed by atoms with Gasteiger partial charge in [0.25, 0.3) is 0 Å². The highest BCUT2D eigenvalue weighted by molar-refractivity contribution is 6.12. The molecule has 9 rings (SSSR count). The quantitative estimate of drug-likeness (QED) is 0.225. The van der Waals surface area contributed by atoms with Crippen molar-refractivity contribution in [2.24, 2.45) is 0 Å². The molecule has 0 bridgehead atoms. The van der Waals surface area contributed by atoms with Gasteiger partial charge >= 0.3 is 0 Å². The Morgan fingerprint density at radius 3 is 2.02 bits per heavy atom. The van der Waals surface area contributed by atoms with Gasteiger partial charge < -0.3 is 9.73 Å². The van der Waals surface area contributed by atoms with Gasteiger partial charge in [-0.05, 0) is 92.2 Å². The average Bonchev–Trinajstić information content (AvgIpc) is 3.57. The molecule has 0 aliphatic heterocycles. The molecular formula is C43H31NO. The van der Waals surface area contributed by atoms with Crippen molar-refractivity contribution in [3.8, 4) is 33.4 Å². The van der Waals surface area contributed by atoms with E-state index in [4.69, 9.17) is 4.42 Å². The van der Waals surface area contributed by atoms with Gasteiger partial charge in [0, 0.05) is 33.1 Å². The maximum Gasteiger partial charge on any atom is 0.136 e. The van der Waals surface area contributed by atoms with Crippen molar-refractivity contribution in [1.82, 2.24) is 0 Å². The van der Waals surface area contributed by atoms with Crippen LogP contribution in [0.3, 0.4) is 0 Å². The third kappa shape index (κ3) is 4.03. The van der Waals surface area contributed by atoms with E-state index in [2.05, 4.69) is 153 Å². The lowest BCUT2D eigenvalue weighted by atomic mass is 9.81. The van der Waals surface area contributed by atoms with E-state index in [9.17, 15) is 0 Å². The molecule has 7 aromatic carbocycles. The summed E-state index contributed by atoms with van der Waals surface area (Å²) < 4.78 is 6.15. The van der Waals surface area contributed by atoms with Gasteiger partial charge in [-0.2, -0.15) is 0 Å². The maximum atomic E-state index is 6.15. The van der Waals surface area contributed by atoms with E-state index in [0.29, 0.717) is 0 Å². The highest BCUT2D eigenvalue weighted by Crippen LogP contribution is 2.50. The minimum atomic E-state index is -0.0502. The zero-order valence-corrected chi connectivity index (χ0v) is 25.3. The second kappa shape index (κ2) is 9.70. The van der Waals surface area contributed by atoms with Gasteiger partial charge in [0.15, 0.2) is 0 Å². The summed E-state index contributed by atoms with van der Waals surface area (Å²) in [7, 11) is 0. The van der Waals surface area contributed by atoms with Crippen molar-refractivity contribution in [2.75, 3.05) is 5.32 Å². The summed E-state index contributed by atoms with van der Waals surface area (Å²) in [6.07, 6.45) is 0. The molecule has 0 radical (unpaired) electrons. The summed E-state index contributed by atoms with van der Waals surface area (Å²) in [4.78, 5) is 0. The number of hydrogen-bond donors (Lipinski definition) is 1. The highest BCUT2D eigenvalue weighted by atomic mass is 16.3. The minimum absolute atomic E-state index is 0.0502. The first-order valence-electron chi connectivity index (χ1n) is 15.6. The third-order valence-corrected chi connectivity index (χ3v) is 9.66. The Morgan fingerprint density at radius 2 is 1.16 bits per heavy atom. The topological polar surface area (TPSA) is 25.2 Å². The number of benzene rings is 7. The predicted molar refractivity (Wildman–Crippen MR) is 189 cm³/mol. The number of fused-ring (bicyclic) bond motifs is 7. The van der Waals surface area contributed by atoms with Crippen molar-refractivity contribution in [3.63, 3.8) is 0 Å². The van der Waals surface area contributed by atoms with Crippen molar-refractivity contribution in [1.29, 1.82) is 0 Å². The molecule has 0 saturated carbocycles. The molecule has 2 heteroatoms. The van der Waals surface area contributed by atoms with E-state index >= 15 is 0 Å². The van der Waals surface area contributed by atoms with E-state index in [0.717, 1.165) is 38.9 Å². The van der Waals surface area contributed by atoms with Crippen LogP contribution in [0.5, 0.6) is 0 Å². The van der Waals surface area contributed by atoms with Crippen LogP contribution >= 0.6 is 0 Å². The summed E-state index contributed by atoms with van der Waals surface area (Å²) in [6, 6.07) is 52.4. The van der Waals surface area contributed by atoms with Crippen LogP contribution in [0.1, 0.15) is 25.0 Å². The van der Waals surface area contributed by atoms with Crippen LogP contribution in [0, 0.1) is 0 Å². The molecule has 0 saturated heterocycles. The number of anilines is 2. The molecule has 45 heavy (non-hydrogen) atoms. The fraction of sp³-hybridized carbons (Fsp3) is 0.0698. The standard InChI is InChI=1S/C43H31NO/c1-43(2)37-15-7-5-12-33(37)34-23-20-30(25-38(34)43)36-24-28-10-3-4-11-29(28)26-39(36)44-31-21-18-27(19-22-31)32-14-9-17-41-42(32)35-13-6-8-16-40(35)45-41/h3-26,44H,1-2H3. The highest BCUT2D eigenvalue weighted by Gasteiger charge is 2.35. The predicted octanol–water partition coefficient (Wildman–Crippen LogP) is 12.1. The van der Waals surface area contributed by atoms with Crippen LogP contribution in [-0.2, 0) is 5.41 Å². The number of rotatable bonds is 4. The Balaban J connectivity index is 1.12. The normalized spacial score (nSPS) is 13.3. The molecule has 0 amide bonds. The van der Waals surface area contributed by atoms with Crippen molar-refractivity contribution in [3.05, 3.63) is 157 Å². The first kappa shape index (κ1) is 25.9. The smallest absolute Gasteiger partial charge is 0.136 e. The van der Waals surface area contributed by atoms with Crippen LogP contribution in [0.15, 0.2) is 150 Å². The molecule has 1 aromatic heterocycles. The van der Waals surface area contributed by atoms with E-state index in [1.807, 2.05) is 12.1 Å². The van der Waals surface area contributed by atoms with Crippen LogP contribution in [-0.4, -0.2) is 0 Å². The first-order valence-corrected chi connectivity index (χ1v) is 15.6. The van der Waals surface area contributed by atoms with Crippen molar-refractivity contribution >= 4 is 44.1 Å². The summed E-state index contributed by atoms with van der Waals surface area (Å²) in [5.74, 6) is 0. The number of para-hydroxylation sites is 1. The minimum Gasteiger partial charge on any atom is -0.456 e. The molecule has 0 spiro atoms. The zero-order chi connectivity index (χ0) is 30.1. The van der Waals surface area contributed by atoms with Crippen LogP contribution in [0.25, 0.3) is 66.1 Å². The Labute approximate surface area is 262 Å². The summed E-state index contributed by atoms with van der Waals surface area (Å²) in [5, 5.41) is 8.54. The average molecular weight is 578 g/mol. The van der Waals surface area contributed by atoms with E-state index in [1.165, 1.54) is 49.7 Å². The Hall–Kier alpha value is -5.60. The molecule has 2 nitrogen and oxygen atoms in total. The van der Waals surface area contributed by atoms with E-state index < -0.39 is 0 Å². The molecule has 1 N–H and O–H groups in total. The first-order chi connectivity index (χ1) is 22.0. The summed E-state index contributed by atoms with van der Waals surface area (Å²) in [6.45, 7) is 4.69. The molecule has 0 atom stereocenters. The lowest BCUT2D eigenvalue weighted by Crippen LogP contribution is -2.14. The molecule has 8 aromatic rings. The molecule has 214 valence electrons. The number of furan rings is 1. The fourth-order valence-electron chi connectivity index (χ4n) is 7.36. The SMILES string of the molecule is CC1(C)c2ccccc2-c2ccc(-c3cc4ccccc4cc3Nc3ccc(-c4cccc5oc6ccccc6c45)cc3)cc21. The van der Waals surface area contributed by atoms with Gasteiger partial charge in [-0.3, -0.25) is 0 Å². The number of nitrogens with one attached hydrogen (secondary N) is 1. The lowest BCUT2D eigenvalue weighted by molar-refractivity contribution is 0.660. The van der Waals surface area contributed by atoms with Gasteiger partial charge in [0.05, 0.1) is 0 Å². The second-order valence-corrected chi connectivity index (χ2v) is 12.7. The van der Waals surface area contributed by atoms with Crippen molar-refractivity contribution in [2.45, 2.75) is 19.3 Å². The van der Waals surface area contributed by atoms with Crippen LogP contribution in [0.2, 0.25) is 0 Å². The Morgan fingerprint density at radius 1 is 0.489 bits per heavy atom. The molecule has 0 fully saturated rings. The second-order valence-electron chi connectivity index (χ2n) is 12.7.